The molecule has 0 amide bonds. The van der Waals surface area contributed by atoms with Crippen LogP contribution >= 0.6 is 11.6 Å². The van der Waals surface area contributed by atoms with Gasteiger partial charge in [0.05, 0.1) is 11.6 Å². The third-order valence-corrected chi connectivity index (χ3v) is 2.77. The van der Waals surface area contributed by atoms with E-state index in [0.717, 1.165) is 0 Å². The molecule has 1 aromatic carbocycles. The maximum atomic E-state index is 13.1. The van der Waals surface area contributed by atoms with Crippen LogP contribution in [-0.2, 0) is 6.61 Å². The van der Waals surface area contributed by atoms with Gasteiger partial charge in [0.25, 0.3) is 0 Å². The SMILES string of the molecule is Cc1cc(Oc2cc(CO)c(Cl)cn2)ccc1F. The Kier molecular flexibility index (Phi) is 3.79. The van der Waals surface area contributed by atoms with Crippen molar-refractivity contribution in [3.05, 3.63) is 52.4 Å². The van der Waals surface area contributed by atoms with Crippen molar-refractivity contribution in [3.63, 3.8) is 0 Å². The van der Waals surface area contributed by atoms with Crippen LogP contribution in [0, 0.1) is 12.7 Å². The van der Waals surface area contributed by atoms with Crippen molar-refractivity contribution in [2.75, 3.05) is 0 Å². The van der Waals surface area contributed by atoms with Gasteiger partial charge in [-0.1, -0.05) is 11.6 Å². The third-order valence-electron chi connectivity index (χ3n) is 2.43. The molecule has 0 bridgehead atoms. The Labute approximate surface area is 109 Å². The molecule has 0 aliphatic rings. The zero-order valence-electron chi connectivity index (χ0n) is 9.65. The van der Waals surface area contributed by atoms with Gasteiger partial charge in [0, 0.05) is 17.8 Å². The lowest BCUT2D eigenvalue weighted by atomic mass is 10.2. The molecule has 0 aliphatic heterocycles. The fourth-order valence-corrected chi connectivity index (χ4v) is 1.60. The van der Waals surface area contributed by atoms with Crippen LogP contribution in [0.25, 0.3) is 0 Å². The zero-order valence-corrected chi connectivity index (χ0v) is 10.4. The van der Waals surface area contributed by atoms with Crippen molar-refractivity contribution in [3.8, 4) is 11.6 Å². The molecule has 2 aromatic rings. The summed E-state index contributed by atoms with van der Waals surface area (Å²) >= 11 is 5.82. The largest absolute Gasteiger partial charge is 0.439 e. The van der Waals surface area contributed by atoms with Crippen LogP contribution in [0.4, 0.5) is 4.39 Å². The van der Waals surface area contributed by atoms with E-state index >= 15 is 0 Å². The number of rotatable bonds is 3. The fraction of sp³-hybridized carbons (Fsp3) is 0.154. The number of ether oxygens (including phenoxy) is 1. The maximum absolute atomic E-state index is 13.1. The summed E-state index contributed by atoms with van der Waals surface area (Å²) in [5.41, 5.74) is 1.02. The molecule has 0 aliphatic carbocycles. The predicted molar refractivity (Wildman–Crippen MR) is 66.4 cm³/mol. The highest BCUT2D eigenvalue weighted by molar-refractivity contribution is 6.31. The average Bonchev–Trinajstić information content (AvgIpc) is 2.36. The minimum absolute atomic E-state index is 0.194. The van der Waals surface area contributed by atoms with Gasteiger partial charge in [-0.2, -0.15) is 0 Å². The van der Waals surface area contributed by atoms with Gasteiger partial charge in [0.15, 0.2) is 0 Å². The Morgan fingerprint density at radius 3 is 2.83 bits per heavy atom. The van der Waals surface area contributed by atoms with Crippen LogP contribution in [0.1, 0.15) is 11.1 Å². The normalized spacial score (nSPS) is 10.4. The molecule has 5 heteroatoms. The zero-order chi connectivity index (χ0) is 13.1. The molecule has 3 nitrogen and oxygen atoms in total. The van der Waals surface area contributed by atoms with Crippen molar-refractivity contribution in [1.29, 1.82) is 0 Å². The van der Waals surface area contributed by atoms with Crippen molar-refractivity contribution < 1.29 is 14.2 Å². The van der Waals surface area contributed by atoms with E-state index in [2.05, 4.69) is 4.98 Å². The van der Waals surface area contributed by atoms with E-state index in [9.17, 15) is 4.39 Å². The predicted octanol–water partition coefficient (Wildman–Crippen LogP) is 3.47. The molecule has 0 saturated heterocycles. The average molecular weight is 268 g/mol. The van der Waals surface area contributed by atoms with Crippen LogP contribution in [0.2, 0.25) is 5.02 Å². The molecule has 18 heavy (non-hydrogen) atoms. The fourth-order valence-electron chi connectivity index (χ4n) is 1.44. The van der Waals surface area contributed by atoms with Crippen molar-refractivity contribution in [2.24, 2.45) is 0 Å². The number of hydrogen-bond acceptors (Lipinski definition) is 3. The summed E-state index contributed by atoms with van der Waals surface area (Å²) in [7, 11) is 0. The number of nitrogens with zero attached hydrogens (tertiary/aromatic N) is 1. The minimum atomic E-state index is -0.289. The number of aliphatic hydroxyl groups excluding tert-OH is 1. The van der Waals surface area contributed by atoms with E-state index in [4.69, 9.17) is 21.4 Å². The molecule has 0 fully saturated rings. The lowest BCUT2D eigenvalue weighted by Crippen LogP contribution is -1.93. The first-order chi connectivity index (χ1) is 8.60. The Hall–Kier alpha value is -1.65. The molecule has 1 N–H and O–H groups in total. The van der Waals surface area contributed by atoms with E-state index < -0.39 is 0 Å². The minimum Gasteiger partial charge on any atom is -0.439 e. The van der Waals surface area contributed by atoms with Gasteiger partial charge in [-0.3, -0.25) is 0 Å². The first-order valence-corrected chi connectivity index (χ1v) is 5.67. The number of pyridine rings is 1. The molecule has 2 rings (SSSR count). The topological polar surface area (TPSA) is 42.4 Å². The molecular formula is C13H11ClFNO2. The number of aliphatic hydroxyl groups is 1. The Morgan fingerprint density at radius 1 is 1.39 bits per heavy atom. The van der Waals surface area contributed by atoms with Crippen LogP contribution in [-0.4, -0.2) is 10.1 Å². The molecule has 0 atom stereocenters. The second-order valence-electron chi connectivity index (χ2n) is 3.79. The first kappa shape index (κ1) is 12.8. The van der Waals surface area contributed by atoms with Gasteiger partial charge in [-0.05, 0) is 30.7 Å². The Morgan fingerprint density at radius 2 is 2.17 bits per heavy atom. The Bertz CT molecular complexity index is 575. The highest BCUT2D eigenvalue weighted by Gasteiger charge is 2.06. The highest BCUT2D eigenvalue weighted by Crippen LogP contribution is 2.25. The smallest absolute Gasteiger partial charge is 0.219 e. The second-order valence-corrected chi connectivity index (χ2v) is 4.19. The van der Waals surface area contributed by atoms with Gasteiger partial charge < -0.3 is 9.84 Å². The van der Waals surface area contributed by atoms with Gasteiger partial charge in [-0.25, -0.2) is 9.37 Å². The summed E-state index contributed by atoms with van der Waals surface area (Å²) in [5, 5.41) is 9.45. The van der Waals surface area contributed by atoms with Gasteiger partial charge in [-0.15, -0.1) is 0 Å². The molecule has 1 aromatic heterocycles. The number of aromatic nitrogens is 1. The standard InChI is InChI=1S/C13H11ClFNO2/c1-8-4-10(2-3-12(8)15)18-13-5-9(7-17)11(14)6-16-13/h2-6,17H,7H2,1H3. The second kappa shape index (κ2) is 5.33. The van der Waals surface area contributed by atoms with E-state index in [1.807, 2.05) is 0 Å². The first-order valence-electron chi connectivity index (χ1n) is 5.29. The lowest BCUT2D eigenvalue weighted by Gasteiger charge is -2.07. The van der Waals surface area contributed by atoms with Crippen LogP contribution in [0.5, 0.6) is 11.6 Å². The summed E-state index contributed by atoms with van der Waals surface area (Å²) in [6, 6.07) is 5.95. The van der Waals surface area contributed by atoms with E-state index in [-0.39, 0.29) is 12.4 Å². The molecule has 1 heterocycles. The van der Waals surface area contributed by atoms with E-state index in [0.29, 0.717) is 27.8 Å². The summed E-state index contributed by atoms with van der Waals surface area (Å²) in [4.78, 5) is 3.98. The Balaban J connectivity index is 2.25. The van der Waals surface area contributed by atoms with Crippen LogP contribution in [0.3, 0.4) is 0 Å². The molecule has 94 valence electrons. The maximum Gasteiger partial charge on any atom is 0.219 e. The number of benzene rings is 1. The number of halogens is 2. The van der Waals surface area contributed by atoms with Crippen LogP contribution < -0.4 is 4.74 Å². The summed E-state index contributed by atoms with van der Waals surface area (Å²) < 4.78 is 18.6. The molecule has 0 radical (unpaired) electrons. The van der Waals surface area contributed by atoms with E-state index in [1.165, 1.54) is 18.3 Å². The monoisotopic (exact) mass is 267 g/mol. The van der Waals surface area contributed by atoms with Crippen molar-refractivity contribution >= 4 is 11.6 Å². The van der Waals surface area contributed by atoms with Gasteiger partial charge in [0.1, 0.15) is 11.6 Å². The highest BCUT2D eigenvalue weighted by atomic mass is 35.5. The van der Waals surface area contributed by atoms with Crippen molar-refractivity contribution in [1.82, 2.24) is 4.98 Å². The molecule has 0 spiro atoms. The molecule has 0 saturated carbocycles. The molecular weight excluding hydrogens is 257 g/mol. The quantitative estimate of drug-likeness (QED) is 0.926. The lowest BCUT2D eigenvalue weighted by molar-refractivity contribution is 0.281. The van der Waals surface area contributed by atoms with Gasteiger partial charge in [0.2, 0.25) is 5.88 Å². The van der Waals surface area contributed by atoms with Crippen LogP contribution in [0.15, 0.2) is 30.5 Å². The summed E-state index contributed by atoms with van der Waals surface area (Å²) in [5.74, 6) is 0.490. The van der Waals surface area contributed by atoms with Crippen molar-refractivity contribution in [2.45, 2.75) is 13.5 Å². The summed E-state index contributed by atoms with van der Waals surface area (Å²) in [6.07, 6.45) is 1.40. The number of hydrogen-bond donors (Lipinski definition) is 1. The van der Waals surface area contributed by atoms with Gasteiger partial charge >= 0.3 is 0 Å². The molecule has 0 unspecified atom stereocenters. The number of aryl methyl sites for hydroxylation is 1. The third kappa shape index (κ3) is 2.78. The van der Waals surface area contributed by atoms with E-state index in [1.54, 1.807) is 19.1 Å². The summed E-state index contributed by atoms with van der Waals surface area (Å²) in [6.45, 7) is 1.46.